The number of carbonyl (C=O) groups is 1. The number of aromatic amines is 1. The van der Waals surface area contributed by atoms with Crippen LogP contribution in [0.25, 0.3) is 22.9 Å². The van der Waals surface area contributed by atoms with E-state index >= 15 is 0 Å². The number of aliphatic hydroxyl groups is 1. The number of aromatic nitrogens is 2. The van der Waals surface area contributed by atoms with Crippen LogP contribution in [0.15, 0.2) is 65.5 Å². The third-order valence-corrected chi connectivity index (χ3v) is 5.57. The van der Waals surface area contributed by atoms with Crippen molar-refractivity contribution in [3.8, 4) is 17.2 Å². The van der Waals surface area contributed by atoms with Crippen LogP contribution < -0.4 is 25.1 Å². The summed E-state index contributed by atoms with van der Waals surface area (Å²) in [5.41, 5.74) is 2.03. The van der Waals surface area contributed by atoms with Crippen molar-refractivity contribution in [2.24, 2.45) is 0 Å². The lowest BCUT2D eigenvalue weighted by molar-refractivity contribution is 0.0950. The molecule has 0 saturated heterocycles. The molecule has 3 N–H and O–H groups in total. The fourth-order valence-electron chi connectivity index (χ4n) is 3.61. The first kappa shape index (κ1) is 24.3. The number of H-pyrrole nitrogens is 1. The van der Waals surface area contributed by atoms with Crippen molar-refractivity contribution in [3.05, 3.63) is 93.4 Å². The van der Waals surface area contributed by atoms with E-state index in [2.05, 4.69) is 15.3 Å². The smallest absolute Gasteiger partial charge is 0.274 e. The van der Waals surface area contributed by atoms with Crippen LogP contribution in [0.4, 0.5) is 0 Å². The number of aliphatic hydroxyl groups excluding tert-OH is 1. The highest BCUT2D eigenvalue weighted by Crippen LogP contribution is 2.24. The van der Waals surface area contributed by atoms with Crippen molar-refractivity contribution >= 4 is 28.8 Å². The van der Waals surface area contributed by atoms with Gasteiger partial charge in [0, 0.05) is 29.3 Å². The van der Waals surface area contributed by atoms with Crippen molar-refractivity contribution < 1.29 is 24.1 Å². The molecule has 0 unspecified atom stereocenters. The zero-order valence-corrected chi connectivity index (χ0v) is 20.0. The molecule has 0 aliphatic heterocycles. The highest BCUT2D eigenvalue weighted by atomic mass is 16.5. The van der Waals surface area contributed by atoms with Crippen molar-refractivity contribution in [2.45, 2.75) is 6.54 Å². The largest absolute Gasteiger partial charge is 0.507 e. The Bertz CT molecular complexity index is 1490. The maximum absolute atomic E-state index is 12.8. The molecule has 0 saturated carbocycles. The number of hydrogen-bond acceptors (Lipinski definition) is 7. The summed E-state index contributed by atoms with van der Waals surface area (Å²) in [4.78, 5) is 32.4. The van der Waals surface area contributed by atoms with Gasteiger partial charge in [-0.15, -0.1) is 0 Å². The van der Waals surface area contributed by atoms with Gasteiger partial charge in [-0.05, 0) is 60.7 Å². The molecule has 4 aromatic rings. The lowest BCUT2D eigenvalue weighted by Crippen LogP contribution is -2.23. The molecule has 36 heavy (non-hydrogen) atoms. The maximum Gasteiger partial charge on any atom is 0.274 e. The van der Waals surface area contributed by atoms with Gasteiger partial charge in [0.15, 0.2) is 0 Å². The average molecular weight is 488 g/mol. The molecule has 0 aliphatic carbocycles. The van der Waals surface area contributed by atoms with Gasteiger partial charge in [0.1, 0.15) is 28.7 Å². The van der Waals surface area contributed by atoms with E-state index in [1.807, 2.05) is 0 Å². The molecule has 0 aliphatic rings. The molecule has 4 rings (SSSR count). The lowest BCUT2D eigenvalue weighted by atomic mass is 10.1. The Labute approximate surface area is 207 Å². The van der Waals surface area contributed by atoms with E-state index in [4.69, 9.17) is 14.2 Å². The van der Waals surface area contributed by atoms with Gasteiger partial charge in [0.05, 0.1) is 32.4 Å². The maximum atomic E-state index is 12.8. The number of rotatable bonds is 8. The highest BCUT2D eigenvalue weighted by Gasteiger charge is 2.12. The van der Waals surface area contributed by atoms with Gasteiger partial charge < -0.3 is 29.6 Å². The molecule has 1 amide bonds. The van der Waals surface area contributed by atoms with Crippen LogP contribution in [0.1, 0.15) is 27.2 Å². The Hall–Kier alpha value is -4.79. The Morgan fingerprint density at radius 3 is 2.33 bits per heavy atom. The fraction of sp³-hybridized carbons (Fsp3) is 0.148. The summed E-state index contributed by atoms with van der Waals surface area (Å²) >= 11 is 0. The van der Waals surface area contributed by atoms with Gasteiger partial charge in [-0.1, -0.05) is 0 Å². The molecule has 0 atom stereocenters. The van der Waals surface area contributed by atoms with Crippen LogP contribution in [0.5, 0.6) is 17.2 Å². The SMILES string of the molecule is COc1ccc(/C(O)=C/c2nc3ccc(C(=O)NCc4cc(OC)ccc4OC)cc3[nH]c2=O)cc1. The quantitative estimate of drug-likeness (QED) is 0.322. The molecule has 0 fully saturated rings. The predicted molar refractivity (Wildman–Crippen MR) is 137 cm³/mol. The van der Waals surface area contributed by atoms with Gasteiger partial charge in [-0.25, -0.2) is 4.98 Å². The third-order valence-electron chi connectivity index (χ3n) is 5.57. The molecule has 3 aromatic carbocycles. The summed E-state index contributed by atoms with van der Waals surface area (Å²) in [6.45, 7) is 0.223. The lowest BCUT2D eigenvalue weighted by Gasteiger charge is -2.12. The van der Waals surface area contributed by atoms with Gasteiger partial charge in [0.25, 0.3) is 11.5 Å². The number of nitrogens with zero attached hydrogens (tertiary/aromatic N) is 1. The number of hydrogen-bond donors (Lipinski definition) is 3. The number of ether oxygens (including phenoxy) is 3. The molecule has 1 aromatic heterocycles. The van der Waals surface area contributed by atoms with Gasteiger partial charge in [0.2, 0.25) is 0 Å². The second-order valence-electron chi connectivity index (χ2n) is 7.80. The minimum atomic E-state index is -0.499. The van der Waals surface area contributed by atoms with Crippen LogP contribution >= 0.6 is 0 Å². The Morgan fingerprint density at radius 2 is 1.64 bits per heavy atom. The van der Waals surface area contributed by atoms with E-state index in [0.29, 0.717) is 39.4 Å². The number of nitrogens with one attached hydrogen (secondary N) is 2. The summed E-state index contributed by atoms with van der Waals surface area (Å²) in [5, 5.41) is 13.3. The predicted octanol–water partition coefficient (Wildman–Crippen LogP) is 3.94. The molecule has 0 spiro atoms. The summed E-state index contributed by atoms with van der Waals surface area (Å²) in [5.74, 6) is 1.48. The Morgan fingerprint density at radius 1 is 0.944 bits per heavy atom. The summed E-state index contributed by atoms with van der Waals surface area (Å²) in [6, 6.07) is 16.9. The summed E-state index contributed by atoms with van der Waals surface area (Å²) < 4.78 is 15.7. The number of fused-ring (bicyclic) bond motifs is 1. The molecule has 0 bridgehead atoms. The Kier molecular flexibility index (Phi) is 7.20. The van der Waals surface area contributed by atoms with Gasteiger partial charge in [-0.2, -0.15) is 0 Å². The van der Waals surface area contributed by atoms with E-state index in [1.54, 1.807) is 82.0 Å². The monoisotopic (exact) mass is 487 g/mol. The minimum absolute atomic E-state index is 0.0399. The number of amides is 1. The summed E-state index contributed by atoms with van der Waals surface area (Å²) in [6.07, 6.45) is 1.29. The van der Waals surface area contributed by atoms with Crippen molar-refractivity contribution in [1.29, 1.82) is 0 Å². The van der Waals surface area contributed by atoms with E-state index < -0.39 is 5.56 Å². The zero-order valence-electron chi connectivity index (χ0n) is 20.0. The van der Waals surface area contributed by atoms with E-state index in [-0.39, 0.29) is 23.9 Å². The molecule has 9 nitrogen and oxygen atoms in total. The van der Waals surface area contributed by atoms with Crippen molar-refractivity contribution in [3.63, 3.8) is 0 Å². The topological polar surface area (TPSA) is 123 Å². The first-order chi connectivity index (χ1) is 17.4. The van der Waals surface area contributed by atoms with E-state index in [1.165, 1.54) is 6.08 Å². The minimum Gasteiger partial charge on any atom is -0.507 e. The summed E-state index contributed by atoms with van der Waals surface area (Å²) in [7, 11) is 4.67. The number of carbonyl (C=O) groups excluding carboxylic acids is 1. The fourth-order valence-corrected chi connectivity index (χ4v) is 3.61. The first-order valence-electron chi connectivity index (χ1n) is 11.0. The van der Waals surface area contributed by atoms with Crippen LogP contribution in [0.2, 0.25) is 0 Å². The second kappa shape index (κ2) is 10.6. The highest BCUT2D eigenvalue weighted by molar-refractivity contribution is 5.97. The van der Waals surface area contributed by atoms with Crippen LogP contribution in [-0.2, 0) is 6.54 Å². The third kappa shape index (κ3) is 5.30. The molecule has 0 radical (unpaired) electrons. The van der Waals surface area contributed by atoms with Gasteiger partial charge in [-0.3, -0.25) is 9.59 Å². The standard InChI is InChI=1S/C27H25N3O6/c1-34-19-7-4-16(5-8-19)24(31)14-23-27(33)30-22-13-17(6-10-21(22)29-23)26(32)28-15-18-12-20(35-2)9-11-25(18)36-3/h4-14,31H,15H2,1-3H3,(H,28,32)(H,30,33)/b24-14-. The number of benzene rings is 3. The molecule has 9 heteroatoms. The van der Waals surface area contributed by atoms with Crippen LogP contribution in [0.3, 0.4) is 0 Å². The van der Waals surface area contributed by atoms with Crippen molar-refractivity contribution in [1.82, 2.24) is 15.3 Å². The number of methoxy groups -OCH3 is 3. The molecule has 184 valence electrons. The molecular weight excluding hydrogens is 462 g/mol. The zero-order chi connectivity index (χ0) is 25.7. The Balaban J connectivity index is 1.54. The normalized spacial score (nSPS) is 11.2. The van der Waals surface area contributed by atoms with Crippen LogP contribution in [-0.4, -0.2) is 42.3 Å². The second-order valence-corrected chi connectivity index (χ2v) is 7.80. The van der Waals surface area contributed by atoms with E-state index in [9.17, 15) is 14.7 Å². The first-order valence-corrected chi connectivity index (χ1v) is 11.0. The van der Waals surface area contributed by atoms with Crippen LogP contribution in [0, 0.1) is 0 Å². The van der Waals surface area contributed by atoms with Gasteiger partial charge >= 0.3 is 0 Å². The molecular formula is C27H25N3O6. The van der Waals surface area contributed by atoms with Crippen molar-refractivity contribution in [2.75, 3.05) is 21.3 Å². The van der Waals surface area contributed by atoms with E-state index in [0.717, 1.165) is 5.56 Å². The average Bonchev–Trinajstić information content (AvgIpc) is 2.91. The molecule has 1 heterocycles.